The first-order chi connectivity index (χ1) is 14.6. The van der Waals surface area contributed by atoms with E-state index in [9.17, 15) is 4.79 Å². The van der Waals surface area contributed by atoms with Crippen LogP contribution in [0.4, 0.5) is 0 Å². The molecule has 0 saturated carbocycles. The number of piperidine rings is 1. The highest BCUT2D eigenvalue weighted by Crippen LogP contribution is 2.33. The number of carbonyl (C=O) groups excluding carboxylic acids is 1. The molecule has 4 rings (SSSR count). The zero-order chi connectivity index (χ0) is 20.9. The molecule has 3 aromatic rings. The van der Waals surface area contributed by atoms with Crippen LogP contribution in [0.2, 0.25) is 0 Å². The predicted molar refractivity (Wildman–Crippen MR) is 115 cm³/mol. The highest BCUT2D eigenvalue weighted by atomic mass is 16.5. The Morgan fingerprint density at radius 2 is 1.93 bits per heavy atom. The van der Waals surface area contributed by atoms with Crippen LogP contribution in [0.1, 0.15) is 35.8 Å². The van der Waals surface area contributed by atoms with E-state index in [4.69, 9.17) is 9.72 Å². The number of methoxy groups -OCH3 is 1. The highest BCUT2D eigenvalue weighted by Gasteiger charge is 2.28. The monoisotopic (exact) mass is 402 g/mol. The molecule has 3 heterocycles. The zero-order valence-corrected chi connectivity index (χ0v) is 17.4. The number of aromatic nitrogens is 3. The summed E-state index contributed by atoms with van der Waals surface area (Å²) >= 11 is 0. The van der Waals surface area contributed by atoms with Crippen molar-refractivity contribution in [2.75, 3.05) is 20.2 Å². The zero-order valence-electron chi connectivity index (χ0n) is 17.4. The molecule has 1 saturated heterocycles. The molecule has 0 radical (unpaired) electrons. The van der Waals surface area contributed by atoms with Crippen molar-refractivity contribution in [1.82, 2.24) is 19.9 Å². The van der Waals surface area contributed by atoms with Gasteiger partial charge in [0.25, 0.3) is 0 Å². The van der Waals surface area contributed by atoms with E-state index in [-0.39, 0.29) is 11.8 Å². The molecule has 6 heteroatoms. The normalized spacial score (nSPS) is 16.3. The number of aryl methyl sites for hydroxylation is 1. The van der Waals surface area contributed by atoms with E-state index in [1.54, 1.807) is 19.5 Å². The summed E-state index contributed by atoms with van der Waals surface area (Å²) in [6.45, 7) is 3.39. The van der Waals surface area contributed by atoms with Gasteiger partial charge in [0.15, 0.2) is 0 Å². The summed E-state index contributed by atoms with van der Waals surface area (Å²) in [5, 5.41) is 0. The van der Waals surface area contributed by atoms with Gasteiger partial charge >= 0.3 is 0 Å². The summed E-state index contributed by atoms with van der Waals surface area (Å²) in [5.74, 6) is 1.90. The van der Waals surface area contributed by atoms with Crippen LogP contribution in [0.15, 0.2) is 55.0 Å². The maximum Gasteiger partial charge on any atom is 0.227 e. The standard InChI is InChI=1S/C24H26N4O2/c1-17-26-15-22(19-9-11-25-12-10-19)24(27-17)20-4-3-13-28(16-20)23(29)14-18-5-7-21(30-2)8-6-18/h5-12,15,20H,3-4,13-14,16H2,1-2H3/t20-/m1/s1. The van der Waals surface area contributed by atoms with Gasteiger partial charge in [-0.1, -0.05) is 12.1 Å². The van der Waals surface area contributed by atoms with Crippen LogP contribution in [0, 0.1) is 6.92 Å². The van der Waals surface area contributed by atoms with Gasteiger partial charge in [0.1, 0.15) is 11.6 Å². The van der Waals surface area contributed by atoms with E-state index in [1.807, 2.05) is 54.4 Å². The Morgan fingerprint density at radius 3 is 2.67 bits per heavy atom. The Kier molecular flexibility index (Phi) is 6.02. The van der Waals surface area contributed by atoms with Crippen LogP contribution >= 0.6 is 0 Å². The van der Waals surface area contributed by atoms with E-state index in [2.05, 4.69) is 9.97 Å². The van der Waals surface area contributed by atoms with Gasteiger partial charge in [0, 0.05) is 43.2 Å². The Hall–Kier alpha value is -3.28. The number of nitrogens with zero attached hydrogens (tertiary/aromatic N) is 4. The topological polar surface area (TPSA) is 68.2 Å². The SMILES string of the molecule is COc1ccc(CC(=O)N2CCC[C@@H](c3nc(C)ncc3-c3ccncc3)C2)cc1. The van der Waals surface area contributed by atoms with Crippen molar-refractivity contribution in [2.45, 2.75) is 32.1 Å². The van der Waals surface area contributed by atoms with Gasteiger partial charge in [-0.25, -0.2) is 9.97 Å². The third-order valence-corrected chi connectivity index (χ3v) is 5.61. The molecule has 0 aliphatic carbocycles. The lowest BCUT2D eigenvalue weighted by molar-refractivity contribution is -0.131. The van der Waals surface area contributed by atoms with Crippen LogP contribution in [0.3, 0.4) is 0 Å². The molecule has 1 fully saturated rings. The quantitative estimate of drug-likeness (QED) is 0.649. The second-order valence-electron chi connectivity index (χ2n) is 7.66. The summed E-state index contributed by atoms with van der Waals surface area (Å²) in [6, 6.07) is 11.7. The van der Waals surface area contributed by atoms with Crippen LogP contribution in [0.25, 0.3) is 11.1 Å². The number of amides is 1. The molecule has 0 unspecified atom stereocenters. The fourth-order valence-corrected chi connectivity index (χ4v) is 4.01. The van der Waals surface area contributed by atoms with Crippen LogP contribution in [-0.4, -0.2) is 46.0 Å². The van der Waals surface area contributed by atoms with Gasteiger partial charge < -0.3 is 9.64 Å². The summed E-state index contributed by atoms with van der Waals surface area (Å²) in [6.07, 6.45) is 7.84. The fourth-order valence-electron chi connectivity index (χ4n) is 4.01. The molecule has 30 heavy (non-hydrogen) atoms. The lowest BCUT2D eigenvalue weighted by Crippen LogP contribution is -2.40. The maximum atomic E-state index is 13.0. The molecule has 1 atom stereocenters. The van der Waals surface area contributed by atoms with E-state index < -0.39 is 0 Å². The first-order valence-electron chi connectivity index (χ1n) is 10.3. The minimum Gasteiger partial charge on any atom is -0.497 e. The number of rotatable bonds is 5. The van der Waals surface area contributed by atoms with Crippen molar-refractivity contribution in [3.63, 3.8) is 0 Å². The first-order valence-corrected chi connectivity index (χ1v) is 10.3. The molecule has 0 bridgehead atoms. The third kappa shape index (κ3) is 4.48. The van der Waals surface area contributed by atoms with Crippen molar-refractivity contribution in [2.24, 2.45) is 0 Å². The van der Waals surface area contributed by atoms with Crippen LogP contribution < -0.4 is 4.74 Å². The van der Waals surface area contributed by atoms with E-state index in [0.717, 1.165) is 53.3 Å². The summed E-state index contributed by atoms with van der Waals surface area (Å²) in [5.41, 5.74) is 4.10. The van der Waals surface area contributed by atoms with Gasteiger partial charge in [-0.15, -0.1) is 0 Å². The minimum absolute atomic E-state index is 0.154. The molecule has 2 aromatic heterocycles. The van der Waals surface area contributed by atoms with Crippen molar-refractivity contribution >= 4 is 5.91 Å². The number of benzene rings is 1. The highest BCUT2D eigenvalue weighted by molar-refractivity contribution is 5.79. The average molecular weight is 402 g/mol. The average Bonchev–Trinajstić information content (AvgIpc) is 2.80. The van der Waals surface area contributed by atoms with E-state index in [0.29, 0.717) is 13.0 Å². The fraction of sp³-hybridized carbons (Fsp3) is 0.333. The van der Waals surface area contributed by atoms with E-state index in [1.165, 1.54) is 0 Å². The Labute approximate surface area is 177 Å². The van der Waals surface area contributed by atoms with Gasteiger partial charge in [0.05, 0.1) is 19.2 Å². The Bertz CT molecular complexity index is 1010. The molecule has 1 aromatic carbocycles. The summed E-state index contributed by atoms with van der Waals surface area (Å²) in [4.78, 5) is 28.3. The number of hydrogen-bond acceptors (Lipinski definition) is 5. The van der Waals surface area contributed by atoms with Crippen molar-refractivity contribution in [3.8, 4) is 16.9 Å². The molecule has 154 valence electrons. The van der Waals surface area contributed by atoms with Crippen molar-refractivity contribution < 1.29 is 9.53 Å². The van der Waals surface area contributed by atoms with Crippen LogP contribution in [0.5, 0.6) is 5.75 Å². The van der Waals surface area contributed by atoms with Crippen LogP contribution in [-0.2, 0) is 11.2 Å². The second-order valence-corrected chi connectivity index (χ2v) is 7.66. The molecule has 1 aliphatic heterocycles. The third-order valence-electron chi connectivity index (χ3n) is 5.61. The lowest BCUT2D eigenvalue weighted by Gasteiger charge is -2.33. The lowest BCUT2D eigenvalue weighted by atomic mass is 9.90. The molecule has 0 N–H and O–H groups in total. The molecule has 1 amide bonds. The van der Waals surface area contributed by atoms with Crippen molar-refractivity contribution in [3.05, 3.63) is 72.1 Å². The molecule has 0 spiro atoms. The summed E-state index contributed by atoms with van der Waals surface area (Å²) in [7, 11) is 1.64. The smallest absolute Gasteiger partial charge is 0.227 e. The Balaban J connectivity index is 1.52. The first kappa shape index (κ1) is 20.0. The molecule has 1 aliphatic rings. The number of pyridine rings is 1. The Morgan fingerprint density at radius 1 is 1.17 bits per heavy atom. The molecular formula is C24H26N4O2. The number of carbonyl (C=O) groups is 1. The van der Waals surface area contributed by atoms with Gasteiger partial charge in [-0.2, -0.15) is 0 Å². The number of ether oxygens (including phenoxy) is 1. The summed E-state index contributed by atoms with van der Waals surface area (Å²) < 4.78 is 5.20. The number of hydrogen-bond donors (Lipinski definition) is 0. The second kappa shape index (κ2) is 9.03. The van der Waals surface area contributed by atoms with Gasteiger partial charge in [-0.3, -0.25) is 9.78 Å². The van der Waals surface area contributed by atoms with E-state index >= 15 is 0 Å². The largest absolute Gasteiger partial charge is 0.497 e. The maximum absolute atomic E-state index is 13.0. The molecule has 6 nitrogen and oxygen atoms in total. The predicted octanol–water partition coefficient (Wildman–Crippen LogP) is 3.80. The van der Waals surface area contributed by atoms with Crippen molar-refractivity contribution in [1.29, 1.82) is 0 Å². The van der Waals surface area contributed by atoms with Gasteiger partial charge in [-0.05, 0) is 55.2 Å². The van der Waals surface area contributed by atoms with Gasteiger partial charge in [0.2, 0.25) is 5.91 Å². The number of likely N-dealkylation sites (tertiary alicyclic amines) is 1. The molecular weight excluding hydrogens is 376 g/mol. The minimum atomic E-state index is 0.154.